The fourth-order valence-corrected chi connectivity index (χ4v) is 11.7. The van der Waals surface area contributed by atoms with Gasteiger partial charge in [0.1, 0.15) is 17.3 Å². The van der Waals surface area contributed by atoms with Crippen molar-refractivity contribution in [2.75, 3.05) is 10.6 Å². The quantitative estimate of drug-likeness (QED) is 0.0319. The van der Waals surface area contributed by atoms with Crippen LogP contribution in [0.15, 0.2) is 103 Å². The predicted octanol–water partition coefficient (Wildman–Crippen LogP) is 18.7. The molecule has 9 nitrogen and oxygen atoms in total. The molecule has 3 aliphatic carbocycles. The topological polar surface area (TPSA) is 121 Å². The first-order chi connectivity index (χ1) is 36.5. The van der Waals surface area contributed by atoms with Crippen LogP contribution < -0.4 is 20.1 Å². The second-order valence-electron chi connectivity index (χ2n) is 21.3. The summed E-state index contributed by atoms with van der Waals surface area (Å²) in [5, 5.41) is 30.8. The Bertz CT molecular complexity index is 3000. The molecular weight excluding hydrogens is 938 g/mol. The van der Waals surface area contributed by atoms with Gasteiger partial charge < -0.3 is 30.3 Å². The molecule has 6 aromatic carbocycles. The van der Waals surface area contributed by atoms with Crippen LogP contribution in [0.2, 0.25) is 0 Å². The maximum atomic E-state index is 15.7. The highest BCUT2D eigenvalue weighted by atomic mass is 19.1. The standard InChI is InChI=1S/C65H72FN3O6/c1-5-8-11-14-42-16-22-44(23-17-42)46-26-33-50(34-27-46)74-56-39-54(68-48-30-20-41(21-31-48)13-10-7-3)58-60(62(56)70)65(73)59-55(69-53-37-32-49(67-4)38-52(53)66)40-57(63(71)61(59)64(58)72)75-51-35-28-47(29-36-51)45-24-18-43(19-25-45)15-12-9-6-2/h20-21,26-40,42-45,68-71H,5-19,22-25H2,1-3H3. The maximum Gasteiger partial charge on any atom is 0.200 e. The molecule has 10 heteroatoms. The zero-order valence-electron chi connectivity index (χ0n) is 43.9. The monoisotopic (exact) mass is 1010 g/mol. The van der Waals surface area contributed by atoms with Crippen molar-refractivity contribution in [3.8, 4) is 34.5 Å². The van der Waals surface area contributed by atoms with E-state index < -0.39 is 28.9 Å². The molecule has 0 bridgehead atoms. The van der Waals surface area contributed by atoms with Crippen LogP contribution in [0.1, 0.15) is 197 Å². The number of phenolic OH excluding ortho intramolecular Hbond substituents is 2. The number of rotatable bonds is 21. The number of nitrogens with zero attached hydrogens (tertiary/aromatic N) is 1. The van der Waals surface area contributed by atoms with Crippen LogP contribution in [-0.2, 0) is 6.42 Å². The molecule has 0 amide bonds. The second kappa shape index (κ2) is 24.5. The fourth-order valence-electron chi connectivity index (χ4n) is 11.7. The Hall–Kier alpha value is -7.12. The molecule has 0 unspecified atom stereocenters. The maximum absolute atomic E-state index is 15.7. The minimum Gasteiger partial charge on any atom is -0.504 e. The van der Waals surface area contributed by atoms with Gasteiger partial charge >= 0.3 is 0 Å². The van der Waals surface area contributed by atoms with Gasteiger partial charge in [-0.3, -0.25) is 9.59 Å². The zero-order valence-corrected chi connectivity index (χ0v) is 43.9. The average molecular weight is 1010 g/mol. The molecule has 0 aromatic heterocycles. The van der Waals surface area contributed by atoms with Gasteiger partial charge in [0.15, 0.2) is 28.7 Å². The summed E-state index contributed by atoms with van der Waals surface area (Å²) >= 11 is 0. The van der Waals surface area contributed by atoms with Gasteiger partial charge in [0.25, 0.3) is 0 Å². The highest BCUT2D eigenvalue weighted by Gasteiger charge is 2.41. The Morgan fingerprint density at radius 1 is 0.547 bits per heavy atom. The lowest BCUT2D eigenvalue weighted by Gasteiger charge is -2.29. The summed E-state index contributed by atoms with van der Waals surface area (Å²) in [7, 11) is 0. The summed E-state index contributed by atoms with van der Waals surface area (Å²) in [6, 6.07) is 30.2. The number of hydrogen-bond donors (Lipinski definition) is 4. The first-order valence-corrected chi connectivity index (χ1v) is 27.8. The molecule has 4 N–H and O–H groups in total. The molecule has 3 aliphatic rings. The largest absolute Gasteiger partial charge is 0.504 e. The first-order valence-electron chi connectivity index (χ1n) is 27.8. The molecule has 0 radical (unpaired) electrons. The number of benzene rings is 6. The Balaban J connectivity index is 1.06. The Morgan fingerprint density at radius 2 is 1.01 bits per heavy atom. The van der Waals surface area contributed by atoms with E-state index in [1.165, 1.54) is 112 Å². The number of carbonyl (C=O) groups is 2. The van der Waals surface area contributed by atoms with E-state index in [4.69, 9.17) is 16.0 Å². The van der Waals surface area contributed by atoms with Gasteiger partial charge in [-0.1, -0.05) is 121 Å². The molecule has 9 rings (SSSR count). The van der Waals surface area contributed by atoms with E-state index in [1.807, 2.05) is 60.7 Å². The smallest absolute Gasteiger partial charge is 0.200 e. The number of aryl methyl sites for hydroxylation is 1. The van der Waals surface area contributed by atoms with Crippen molar-refractivity contribution in [2.45, 2.75) is 155 Å². The summed E-state index contributed by atoms with van der Waals surface area (Å²) in [4.78, 5) is 34.0. The SMILES string of the molecule is [C-]#[N+]c1ccc(Nc2cc(Oc3ccc(C4CCC(CCCCC)CC4)cc3)c(O)c3c2C(=O)c2c(O)c(Oc4ccc(C5CCC(CCCCC)CC5)cc4)cc(Nc4ccc(CCCC)cc4)c2C3=O)c(F)c1. The Morgan fingerprint density at radius 3 is 1.45 bits per heavy atom. The fraction of sp³-hybridized carbons (Fsp3) is 0.400. The third-order valence-corrected chi connectivity index (χ3v) is 16.1. The number of anilines is 4. The molecule has 0 heterocycles. The Kier molecular flexibility index (Phi) is 17.2. The van der Waals surface area contributed by atoms with E-state index in [9.17, 15) is 10.2 Å². The van der Waals surface area contributed by atoms with Crippen molar-refractivity contribution in [2.24, 2.45) is 11.8 Å². The van der Waals surface area contributed by atoms with Crippen molar-refractivity contribution in [1.29, 1.82) is 0 Å². The van der Waals surface area contributed by atoms with Gasteiger partial charge in [-0.25, -0.2) is 9.24 Å². The van der Waals surface area contributed by atoms with Gasteiger partial charge in [-0.15, -0.1) is 0 Å². The molecule has 0 spiro atoms. The highest BCUT2D eigenvalue weighted by Crippen LogP contribution is 2.51. The Labute approximate surface area is 442 Å². The van der Waals surface area contributed by atoms with Crippen LogP contribution in [0.4, 0.5) is 32.8 Å². The van der Waals surface area contributed by atoms with E-state index in [2.05, 4.69) is 48.4 Å². The molecule has 6 aromatic rings. The highest BCUT2D eigenvalue weighted by molar-refractivity contribution is 6.34. The number of aromatic hydroxyl groups is 2. The lowest BCUT2D eigenvalue weighted by atomic mass is 9.77. The van der Waals surface area contributed by atoms with E-state index in [0.29, 0.717) is 29.0 Å². The summed E-state index contributed by atoms with van der Waals surface area (Å²) in [5.74, 6) is -0.460. The van der Waals surface area contributed by atoms with Gasteiger partial charge in [-0.05, 0) is 153 Å². The molecule has 0 saturated heterocycles. The van der Waals surface area contributed by atoms with Crippen molar-refractivity contribution < 1.29 is 33.7 Å². The molecule has 0 atom stereocenters. The van der Waals surface area contributed by atoms with Crippen LogP contribution in [0, 0.1) is 24.2 Å². The van der Waals surface area contributed by atoms with Gasteiger partial charge in [0.2, 0.25) is 11.6 Å². The predicted molar refractivity (Wildman–Crippen MR) is 298 cm³/mol. The number of unbranched alkanes of at least 4 members (excludes halogenated alkanes) is 5. The summed E-state index contributed by atoms with van der Waals surface area (Å²) in [6.45, 7) is 14.1. The number of nitrogens with one attached hydrogen (secondary N) is 2. The number of hydrogen-bond acceptors (Lipinski definition) is 8. The number of ketones is 2. The zero-order chi connectivity index (χ0) is 52.4. The van der Waals surface area contributed by atoms with Gasteiger partial charge in [0, 0.05) is 17.8 Å². The van der Waals surface area contributed by atoms with Crippen molar-refractivity contribution in [1.82, 2.24) is 0 Å². The van der Waals surface area contributed by atoms with Crippen molar-refractivity contribution in [3.63, 3.8) is 0 Å². The summed E-state index contributed by atoms with van der Waals surface area (Å²) < 4.78 is 28.6. The third-order valence-electron chi connectivity index (χ3n) is 16.1. The van der Waals surface area contributed by atoms with Crippen molar-refractivity contribution >= 4 is 40.0 Å². The van der Waals surface area contributed by atoms with E-state index >= 15 is 14.0 Å². The van der Waals surface area contributed by atoms with Gasteiger partial charge in [-0.2, -0.15) is 0 Å². The van der Waals surface area contributed by atoms with E-state index in [0.717, 1.165) is 68.4 Å². The normalized spacial score (nSPS) is 18.2. The minimum absolute atomic E-state index is 0.0583. The average Bonchev–Trinajstić information content (AvgIpc) is 3.45. The number of halogens is 1. The van der Waals surface area contributed by atoms with Gasteiger partial charge in [0.05, 0.1) is 45.9 Å². The number of ether oxygens (including phenoxy) is 2. The van der Waals surface area contributed by atoms with E-state index in [1.54, 1.807) is 0 Å². The lowest BCUT2D eigenvalue weighted by molar-refractivity contribution is 0.0974. The summed E-state index contributed by atoms with van der Waals surface area (Å²) in [5.41, 5.74) is 3.11. The molecule has 2 saturated carbocycles. The second-order valence-corrected chi connectivity index (χ2v) is 21.3. The lowest BCUT2D eigenvalue weighted by Crippen LogP contribution is -2.24. The van der Waals surface area contributed by atoms with Crippen LogP contribution in [0.3, 0.4) is 0 Å². The van der Waals surface area contributed by atoms with Crippen molar-refractivity contribution in [3.05, 3.63) is 159 Å². The third kappa shape index (κ3) is 12.2. The van der Waals surface area contributed by atoms with Crippen LogP contribution >= 0.6 is 0 Å². The number of fused-ring (bicyclic) bond motifs is 2. The molecule has 75 heavy (non-hydrogen) atoms. The molecular formula is C65H72FN3O6. The number of phenols is 2. The van der Waals surface area contributed by atoms with Crippen LogP contribution in [0.25, 0.3) is 4.85 Å². The number of carbonyl (C=O) groups excluding carboxylic acids is 2. The van der Waals surface area contributed by atoms with E-state index in [-0.39, 0.29) is 56.5 Å². The first kappa shape index (κ1) is 52.7. The molecule has 2 fully saturated rings. The summed E-state index contributed by atoms with van der Waals surface area (Å²) in [6.07, 6.45) is 22.6. The van der Waals surface area contributed by atoms with Crippen LogP contribution in [0.5, 0.6) is 34.5 Å². The van der Waals surface area contributed by atoms with Crippen LogP contribution in [-0.4, -0.2) is 21.8 Å². The molecule has 390 valence electrons. The minimum atomic E-state index is -0.812. The molecule has 0 aliphatic heterocycles.